The lowest BCUT2D eigenvalue weighted by atomic mass is 10.2. The van der Waals surface area contributed by atoms with Gasteiger partial charge in [0.1, 0.15) is 0 Å². The van der Waals surface area contributed by atoms with Crippen molar-refractivity contribution in [3.05, 3.63) is 30.3 Å². The van der Waals surface area contributed by atoms with E-state index < -0.39 is 5.97 Å². The third kappa shape index (κ3) is 2.99. The Labute approximate surface area is 125 Å². The fourth-order valence-electron chi connectivity index (χ4n) is 2.39. The van der Waals surface area contributed by atoms with Crippen molar-refractivity contribution in [3.63, 3.8) is 0 Å². The second-order valence-corrected chi connectivity index (χ2v) is 5.90. The first kappa shape index (κ1) is 13.9. The van der Waals surface area contributed by atoms with Crippen molar-refractivity contribution < 1.29 is 9.90 Å². The van der Waals surface area contributed by atoms with Crippen molar-refractivity contribution in [1.29, 1.82) is 0 Å². The number of tetrazole rings is 1. The molecule has 8 heteroatoms. The van der Waals surface area contributed by atoms with Gasteiger partial charge in [-0.1, -0.05) is 23.3 Å². The number of benzene rings is 1. The molecule has 110 valence electrons. The predicted octanol–water partition coefficient (Wildman–Crippen LogP) is 1.06. The Morgan fingerprint density at radius 1 is 1.38 bits per heavy atom. The van der Waals surface area contributed by atoms with E-state index in [2.05, 4.69) is 15.5 Å². The number of para-hydroxylation sites is 1. The topological polar surface area (TPSA) is 84.1 Å². The lowest BCUT2D eigenvalue weighted by molar-refractivity contribution is -0.137. The van der Waals surface area contributed by atoms with Crippen LogP contribution in [0, 0.1) is 0 Å². The van der Waals surface area contributed by atoms with Gasteiger partial charge in [-0.15, -0.1) is 0 Å². The van der Waals surface area contributed by atoms with Crippen LogP contribution in [0.5, 0.6) is 0 Å². The fourth-order valence-corrected chi connectivity index (χ4v) is 3.45. The van der Waals surface area contributed by atoms with E-state index >= 15 is 0 Å². The van der Waals surface area contributed by atoms with E-state index in [0.717, 1.165) is 23.7 Å². The zero-order chi connectivity index (χ0) is 14.7. The molecule has 1 saturated heterocycles. The smallest absolute Gasteiger partial charge is 0.305 e. The van der Waals surface area contributed by atoms with Gasteiger partial charge in [0.05, 0.1) is 18.2 Å². The Morgan fingerprint density at radius 2 is 2.19 bits per heavy atom. The van der Waals surface area contributed by atoms with E-state index in [-0.39, 0.29) is 12.5 Å². The molecule has 7 nitrogen and oxygen atoms in total. The molecule has 1 unspecified atom stereocenters. The van der Waals surface area contributed by atoms with Crippen LogP contribution in [-0.4, -0.2) is 55.4 Å². The van der Waals surface area contributed by atoms with Gasteiger partial charge in [-0.2, -0.15) is 16.4 Å². The summed E-state index contributed by atoms with van der Waals surface area (Å²) in [7, 11) is 0. The first-order valence-electron chi connectivity index (χ1n) is 6.65. The molecular weight excluding hydrogens is 290 g/mol. The molecule has 2 heterocycles. The van der Waals surface area contributed by atoms with Gasteiger partial charge in [0, 0.05) is 18.1 Å². The molecule has 1 aliphatic rings. The standard InChI is InChI=1S/C13H15N5O2S/c19-12(20)8-11-9-21-7-6-17(11)13-14-15-16-18(13)10-4-2-1-3-5-10/h1-5,11H,6-9H2,(H,19,20). The largest absolute Gasteiger partial charge is 0.481 e. The van der Waals surface area contributed by atoms with Crippen LogP contribution in [0.2, 0.25) is 0 Å². The summed E-state index contributed by atoms with van der Waals surface area (Å²) in [5.41, 5.74) is 0.866. The molecule has 1 aliphatic heterocycles. The number of carboxylic acids is 1. The number of rotatable bonds is 4. The minimum absolute atomic E-state index is 0.0882. The minimum Gasteiger partial charge on any atom is -0.481 e. The number of hydrogen-bond acceptors (Lipinski definition) is 6. The number of thioether (sulfide) groups is 1. The van der Waals surface area contributed by atoms with E-state index in [0.29, 0.717) is 5.95 Å². The van der Waals surface area contributed by atoms with Crippen molar-refractivity contribution >= 4 is 23.7 Å². The summed E-state index contributed by atoms with van der Waals surface area (Å²) >= 11 is 1.76. The molecule has 0 saturated carbocycles. The molecule has 1 aromatic carbocycles. The Morgan fingerprint density at radius 3 is 2.95 bits per heavy atom. The summed E-state index contributed by atoms with van der Waals surface area (Å²) in [5, 5.41) is 21.0. The molecule has 1 atom stereocenters. The lowest BCUT2D eigenvalue weighted by Gasteiger charge is -2.34. The average Bonchev–Trinajstić information content (AvgIpc) is 2.97. The molecule has 3 rings (SSSR count). The molecule has 0 aliphatic carbocycles. The minimum atomic E-state index is -0.800. The number of hydrogen-bond donors (Lipinski definition) is 1. The van der Waals surface area contributed by atoms with Gasteiger partial charge in [-0.05, 0) is 22.6 Å². The van der Waals surface area contributed by atoms with E-state index in [9.17, 15) is 4.79 Å². The van der Waals surface area contributed by atoms with Gasteiger partial charge in [0.15, 0.2) is 0 Å². The average molecular weight is 305 g/mol. The van der Waals surface area contributed by atoms with Gasteiger partial charge in [0.2, 0.25) is 0 Å². The van der Waals surface area contributed by atoms with Gasteiger partial charge in [0.25, 0.3) is 5.95 Å². The van der Waals surface area contributed by atoms with Crippen molar-refractivity contribution in [3.8, 4) is 5.69 Å². The van der Waals surface area contributed by atoms with E-state index in [1.165, 1.54) is 0 Å². The Kier molecular flexibility index (Phi) is 4.05. The van der Waals surface area contributed by atoms with Crippen LogP contribution in [0.25, 0.3) is 5.69 Å². The quantitative estimate of drug-likeness (QED) is 0.904. The van der Waals surface area contributed by atoms with Gasteiger partial charge >= 0.3 is 5.97 Å². The fraction of sp³-hybridized carbons (Fsp3) is 0.385. The molecule has 1 N–H and O–H groups in total. The third-order valence-electron chi connectivity index (χ3n) is 3.35. The summed E-state index contributed by atoms with van der Waals surface area (Å²) in [6.07, 6.45) is 0.0919. The van der Waals surface area contributed by atoms with Crippen molar-refractivity contribution in [2.45, 2.75) is 12.5 Å². The number of nitrogens with zero attached hydrogens (tertiary/aromatic N) is 5. The maximum atomic E-state index is 11.0. The van der Waals surface area contributed by atoms with Crippen LogP contribution < -0.4 is 4.90 Å². The van der Waals surface area contributed by atoms with Crippen molar-refractivity contribution in [2.75, 3.05) is 23.0 Å². The zero-order valence-electron chi connectivity index (χ0n) is 11.3. The van der Waals surface area contributed by atoms with E-state index in [4.69, 9.17) is 5.11 Å². The number of carbonyl (C=O) groups is 1. The number of anilines is 1. The summed E-state index contributed by atoms with van der Waals surface area (Å²) in [6.45, 7) is 0.746. The molecule has 0 bridgehead atoms. The number of aromatic nitrogens is 4. The molecule has 21 heavy (non-hydrogen) atoms. The first-order chi connectivity index (χ1) is 10.3. The highest BCUT2D eigenvalue weighted by atomic mass is 32.2. The molecule has 1 fully saturated rings. The highest BCUT2D eigenvalue weighted by Gasteiger charge is 2.29. The second-order valence-electron chi connectivity index (χ2n) is 4.75. The highest BCUT2D eigenvalue weighted by molar-refractivity contribution is 7.99. The van der Waals surface area contributed by atoms with Crippen LogP contribution in [0.15, 0.2) is 30.3 Å². The lowest BCUT2D eigenvalue weighted by Crippen LogP contribution is -2.45. The van der Waals surface area contributed by atoms with Gasteiger partial charge in [-0.3, -0.25) is 4.79 Å². The van der Waals surface area contributed by atoms with E-state index in [1.807, 2.05) is 35.2 Å². The maximum Gasteiger partial charge on any atom is 0.305 e. The maximum absolute atomic E-state index is 11.0. The number of aliphatic carboxylic acids is 1. The summed E-state index contributed by atoms with van der Waals surface area (Å²) in [4.78, 5) is 13.0. The summed E-state index contributed by atoms with van der Waals surface area (Å²) < 4.78 is 1.66. The van der Waals surface area contributed by atoms with Crippen molar-refractivity contribution in [2.24, 2.45) is 0 Å². The van der Waals surface area contributed by atoms with E-state index in [1.54, 1.807) is 16.4 Å². The molecule has 1 aromatic heterocycles. The SMILES string of the molecule is O=C(O)CC1CSCCN1c1nnnn1-c1ccccc1. The zero-order valence-corrected chi connectivity index (χ0v) is 12.1. The number of carboxylic acid groups (broad SMARTS) is 1. The Hall–Kier alpha value is -2.09. The molecule has 0 spiro atoms. The Bertz CT molecular complexity index is 618. The predicted molar refractivity (Wildman–Crippen MR) is 79.9 cm³/mol. The monoisotopic (exact) mass is 305 g/mol. The normalized spacial score (nSPS) is 18.7. The third-order valence-corrected chi connectivity index (χ3v) is 4.44. The summed E-state index contributed by atoms with van der Waals surface area (Å²) in [6, 6.07) is 9.52. The van der Waals surface area contributed by atoms with Crippen LogP contribution in [-0.2, 0) is 4.79 Å². The van der Waals surface area contributed by atoms with Gasteiger partial charge < -0.3 is 10.0 Å². The molecule has 0 amide bonds. The highest BCUT2D eigenvalue weighted by Crippen LogP contribution is 2.25. The Balaban J connectivity index is 1.92. The summed E-state index contributed by atoms with van der Waals surface area (Å²) in [5.74, 6) is 1.52. The van der Waals surface area contributed by atoms with Crippen LogP contribution in [0.1, 0.15) is 6.42 Å². The molecule has 2 aromatic rings. The first-order valence-corrected chi connectivity index (χ1v) is 7.81. The molecule has 0 radical (unpaired) electrons. The van der Waals surface area contributed by atoms with Crippen molar-refractivity contribution in [1.82, 2.24) is 20.2 Å². The van der Waals surface area contributed by atoms with Crippen LogP contribution in [0.4, 0.5) is 5.95 Å². The molecular formula is C13H15N5O2S. The van der Waals surface area contributed by atoms with Crippen LogP contribution >= 0.6 is 11.8 Å². The van der Waals surface area contributed by atoms with Gasteiger partial charge in [-0.25, -0.2) is 0 Å². The second kappa shape index (κ2) is 6.13. The van der Waals surface area contributed by atoms with Crippen LogP contribution in [0.3, 0.4) is 0 Å².